The van der Waals surface area contributed by atoms with Gasteiger partial charge in [0.15, 0.2) is 0 Å². The van der Waals surface area contributed by atoms with Gasteiger partial charge in [0.1, 0.15) is 12.4 Å². The van der Waals surface area contributed by atoms with Crippen molar-refractivity contribution in [3.63, 3.8) is 0 Å². The molecule has 0 radical (unpaired) electrons. The second kappa shape index (κ2) is 9.74. The number of nitrogens with one attached hydrogen (secondary N) is 1. The molecule has 0 aliphatic heterocycles. The van der Waals surface area contributed by atoms with Gasteiger partial charge in [0.2, 0.25) is 0 Å². The Hall–Kier alpha value is -2.33. The summed E-state index contributed by atoms with van der Waals surface area (Å²) < 4.78 is 30.6. The van der Waals surface area contributed by atoms with Crippen molar-refractivity contribution in [1.29, 1.82) is 0 Å². The second-order valence-corrected chi connectivity index (χ2v) is 8.15. The normalized spacial score (nSPS) is 11.3. The van der Waals surface area contributed by atoms with Gasteiger partial charge in [-0.1, -0.05) is 16.1 Å². The number of halogens is 1. The standard InChI is InChI=1S/C18H22ClN3O5S/c1-21(12-13-27-16-8-4-14(19)5-9-16)18(23)20-15-6-10-17(11-7-15)28(24,25)22(2)26-3/h4-11H,12-13H2,1-3H3,(H,20,23). The third kappa shape index (κ3) is 5.83. The van der Waals surface area contributed by atoms with E-state index in [2.05, 4.69) is 5.32 Å². The number of hydroxylamine groups is 1. The SMILES string of the molecule is CON(C)S(=O)(=O)c1ccc(NC(=O)N(C)CCOc2ccc(Cl)cc2)cc1. The van der Waals surface area contributed by atoms with Crippen molar-refractivity contribution in [2.75, 3.05) is 39.7 Å². The molecule has 0 aliphatic carbocycles. The van der Waals surface area contributed by atoms with Gasteiger partial charge in [-0.15, -0.1) is 0 Å². The summed E-state index contributed by atoms with van der Waals surface area (Å²) in [5, 5.41) is 3.32. The summed E-state index contributed by atoms with van der Waals surface area (Å²) in [4.78, 5) is 18.5. The number of nitrogens with zero attached hydrogens (tertiary/aromatic N) is 2. The molecule has 28 heavy (non-hydrogen) atoms. The molecule has 10 heteroatoms. The number of urea groups is 1. The van der Waals surface area contributed by atoms with Crippen LogP contribution in [-0.2, 0) is 14.9 Å². The van der Waals surface area contributed by atoms with Crippen LogP contribution in [0, 0.1) is 0 Å². The molecule has 152 valence electrons. The lowest BCUT2D eigenvalue weighted by Crippen LogP contribution is -2.34. The van der Waals surface area contributed by atoms with Gasteiger partial charge in [-0.2, -0.15) is 0 Å². The van der Waals surface area contributed by atoms with Crippen LogP contribution < -0.4 is 10.1 Å². The number of sulfonamides is 1. The zero-order valence-corrected chi connectivity index (χ0v) is 17.3. The summed E-state index contributed by atoms with van der Waals surface area (Å²) >= 11 is 5.81. The van der Waals surface area contributed by atoms with E-state index in [9.17, 15) is 13.2 Å². The van der Waals surface area contributed by atoms with Crippen LogP contribution >= 0.6 is 11.6 Å². The molecule has 0 atom stereocenters. The smallest absolute Gasteiger partial charge is 0.321 e. The van der Waals surface area contributed by atoms with Crippen LogP contribution in [0.4, 0.5) is 10.5 Å². The van der Waals surface area contributed by atoms with Gasteiger partial charge in [0, 0.05) is 24.8 Å². The lowest BCUT2D eigenvalue weighted by Gasteiger charge is -2.18. The van der Waals surface area contributed by atoms with E-state index in [4.69, 9.17) is 21.2 Å². The van der Waals surface area contributed by atoms with Gasteiger partial charge in [-0.05, 0) is 48.5 Å². The van der Waals surface area contributed by atoms with E-state index in [1.54, 1.807) is 31.3 Å². The fraction of sp³-hybridized carbons (Fsp3) is 0.278. The molecule has 2 aromatic carbocycles. The Bertz CT molecular complexity index is 888. The van der Waals surface area contributed by atoms with Crippen LogP contribution in [0.15, 0.2) is 53.4 Å². The van der Waals surface area contributed by atoms with E-state index in [0.717, 1.165) is 4.47 Å². The summed E-state index contributed by atoms with van der Waals surface area (Å²) in [6, 6.07) is 12.4. The lowest BCUT2D eigenvalue weighted by molar-refractivity contribution is -0.0258. The first kappa shape index (κ1) is 22.0. The topological polar surface area (TPSA) is 88.2 Å². The number of anilines is 1. The van der Waals surface area contributed by atoms with Gasteiger partial charge in [0.05, 0.1) is 18.6 Å². The molecule has 0 spiro atoms. The summed E-state index contributed by atoms with van der Waals surface area (Å²) in [5.41, 5.74) is 0.467. The van der Waals surface area contributed by atoms with Gasteiger partial charge in [-0.25, -0.2) is 13.2 Å². The third-order valence-corrected chi connectivity index (χ3v) is 5.80. The van der Waals surface area contributed by atoms with Crippen LogP contribution in [0.3, 0.4) is 0 Å². The molecule has 0 aromatic heterocycles. The van der Waals surface area contributed by atoms with Gasteiger partial charge in [-0.3, -0.25) is 4.84 Å². The zero-order valence-electron chi connectivity index (χ0n) is 15.8. The Morgan fingerprint density at radius 2 is 1.68 bits per heavy atom. The van der Waals surface area contributed by atoms with Crippen LogP contribution in [0.25, 0.3) is 0 Å². The number of likely N-dealkylation sites (N-methyl/N-ethyl adjacent to an activating group) is 1. The molecule has 1 N–H and O–H groups in total. The second-order valence-electron chi connectivity index (χ2n) is 5.78. The van der Waals surface area contributed by atoms with Crippen molar-refractivity contribution in [2.45, 2.75) is 4.90 Å². The summed E-state index contributed by atoms with van der Waals surface area (Å²) in [6.07, 6.45) is 0. The molecule has 0 heterocycles. The molecule has 0 fully saturated rings. The fourth-order valence-electron chi connectivity index (χ4n) is 2.11. The molecule has 0 aliphatic rings. The number of hydrogen-bond acceptors (Lipinski definition) is 5. The van der Waals surface area contributed by atoms with Gasteiger partial charge in [0.25, 0.3) is 10.0 Å². The number of carbonyl (C=O) groups is 1. The highest BCUT2D eigenvalue weighted by atomic mass is 35.5. The maximum absolute atomic E-state index is 12.2. The van der Waals surface area contributed by atoms with Crippen LogP contribution in [0.2, 0.25) is 5.02 Å². The van der Waals surface area contributed by atoms with Crippen molar-refractivity contribution in [3.8, 4) is 5.75 Å². The zero-order chi connectivity index (χ0) is 20.7. The average Bonchev–Trinajstić information content (AvgIpc) is 2.69. The summed E-state index contributed by atoms with van der Waals surface area (Å²) in [5.74, 6) is 0.663. The number of ether oxygens (including phenoxy) is 1. The molecule has 2 aromatic rings. The first-order valence-electron chi connectivity index (χ1n) is 8.27. The van der Waals surface area contributed by atoms with E-state index < -0.39 is 10.0 Å². The van der Waals surface area contributed by atoms with E-state index in [1.807, 2.05) is 0 Å². The van der Waals surface area contributed by atoms with Gasteiger partial charge < -0.3 is 15.0 Å². The Morgan fingerprint density at radius 1 is 1.07 bits per heavy atom. The first-order chi connectivity index (χ1) is 13.2. The van der Waals surface area contributed by atoms with Crippen molar-refractivity contribution < 1.29 is 22.8 Å². The molecular formula is C18H22ClN3O5S. The van der Waals surface area contributed by atoms with Crippen molar-refractivity contribution in [3.05, 3.63) is 53.6 Å². The lowest BCUT2D eigenvalue weighted by atomic mass is 10.3. The monoisotopic (exact) mass is 427 g/mol. The number of carbonyl (C=O) groups excluding carboxylic acids is 1. The van der Waals surface area contributed by atoms with E-state index in [1.165, 1.54) is 43.3 Å². The average molecular weight is 428 g/mol. The van der Waals surface area contributed by atoms with Gasteiger partial charge >= 0.3 is 6.03 Å². The maximum Gasteiger partial charge on any atom is 0.321 e. The maximum atomic E-state index is 12.2. The molecule has 2 amide bonds. The van der Waals surface area contributed by atoms with Crippen LogP contribution in [0.5, 0.6) is 5.75 Å². The number of rotatable bonds is 8. The van der Waals surface area contributed by atoms with Crippen LogP contribution in [0.1, 0.15) is 0 Å². The Kier molecular flexibility index (Phi) is 7.64. The predicted octanol–water partition coefficient (Wildman–Crippen LogP) is 3.06. The molecule has 8 nitrogen and oxygen atoms in total. The van der Waals surface area contributed by atoms with E-state index in [-0.39, 0.29) is 10.9 Å². The molecule has 0 saturated heterocycles. The molecule has 0 bridgehead atoms. The Balaban J connectivity index is 1.87. The van der Waals surface area contributed by atoms with E-state index in [0.29, 0.717) is 29.6 Å². The minimum Gasteiger partial charge on any atom is -0.492 e. The quantitative estimate of drug-likeness (QED) is 0.654. The highest BCUT2D eigenvalue weighted by molar-refractivity contribution is 7.89. The third-order valence-electron chi connectivity index (χ3n) is 3.85. The van der Waals surface area contributed by atoms with E-state index >= 15 is 0 Å². The highest BCUT2D eigenvalue weighted by Gasteiger charge is 2.20. The first-order valence-corrected chi connectivity index (χ1v) is 10.1. The highest BCUT2D eigenvalue weighted by Crippen LogP contribution is 2.18. The fourth-order valence-corrected chi connectivity index (χ4v) is 3.21. The number of amides is 2. The molecule has 2 rings (SSSR count). The molecule has 0 unspecified atom stereocenters. The number of benzene rings is 2. The predicted molar refractivity (Wildman–Crippen MR) is 107 cm³/mol. The van der Waals surface area contributed by atoms with Crippen molar-refractivity contribution in [2.24, 2.45) is 0 Å². The van der Waals surface area contributed by atoms with Crippen molar-refractivity contribution >= 4 is 33.3 Å². The van der Waals surface area contributed by atoms with Crippen molar-refractivity contribution in [1.82, 2.24) is 9.37 Å². The van der Waals surface area contributed by atoms with Crippen LogP contribution in [-0.4, -0.2) is 58.2 Å². The minimum atomic E-state index is -3.73. The number of hydrogen-bond donors (Lipinski definition) is 1. The minimum absolute atomic E-state index is 0.0552. The Morgan fingerprint density at radius 3 is 2.25 bits per heavy atom. The summed E-state index contributed by atoms with van der Waals surface area (Å²) in [7, 11) is 0.464. The Labute approximate surface area is 169 Å². The molecule has 0 saturated carbocycles. The molecular weight excluding hydrogens is 406 g/mol. The largest absolute Gasteiger partial charge is 0.492 e. The summed E-state index contributed by atoms with van der Waals surface area (Å²) in [6.45, 7) is 0.672.